The highest BCUT2D eigenvalue weighted by molar-refractivity contribution is 5.75. The Hall–Kier alpha value is -1.38. The minimum absolute atomic E-state index is 0.165. The van der Waals surface area contributed by atoms with E-state index in [0.29, 0.717) is 11.8 Å². The van der Waals surface area contributed by atoms with Gasteiger partial charge in [0.15, 0.2) is 0 Å². The fraction of sp³-hybridized carbons (Fsp3) is 0.625. The van der Waals surface area contributed by atoms with Gasteiger partial charge < -0.3 is 5.32 Å². The number of carbonyl (C=O) groups excluding carboxylic acids is 1. The molecule has 0 spiro atoms. The second-order valence-corrected chi connectivity index (χ2v) is 6.23. The number of hydrogen-bond donors (Lipinski definition) is 1. The summed E-state index contributed by atoms with van der Waals surface area (Å²) in [5.74, 6) is 0.165. The van der Waals surface area contributed by atoms with Crippen molar-refractivity contribution in [1.82, 2.24) is 10.3 Å². The predicted molar refractivity (Wildman–Crippen MR) is 78.9 cm³/mol. The highest BCUT2D eigenvalue weighted by atomic mass is 16.1. The van der Waals surface area contributed by atoms with E-state index in [4.69, 9.17) is 0 Å². The van der Waals surface area contributed by atoms with Gasteiger partial charge in [-0.15, -0.1) is 0 Å². The summed E-state index contributed by atoms with van der Waals surface area (Å²) in [6.07, 6.45) is 8.23. The molecule has 1 aromatic rings. The van der Waals surface area contributed by atoms with Crippen LogP contribution in [0.3, 0.4) is 0 Å². The first-order valence-electron chi connectivity index (χ1n) is 7.13. The number of aromatic nitrogens is 1. The van der Waals surface area contributed by atoms with Crippen molar-refractivity contribution >= 4 is 5.91 Å². The fourth-order valence-electron chi connectivity index (χ4n) is 1.93. The van der Waals surface area contributed by atoms with Crippen LogP contribution in [0.1, 0.15) is 52.0 Å². The lowest BCUT2D eigenvalue weighted by molar-refractivity contribution is -0.121. The summed E-state index contributed by atoms with van der Waals surface area (Å²) in [5.41, 5.74) is 1.55. The lowest BCUT2D eigenvalue weighted by Gasteiger charge is -2.17. The van der Waals surface area contributed by atoms with Crippen LogP contribution < -0.4 is 5.32 Å². The first kappa shape index (κ1) is 15.7. The van der Waals surface area contributed by atoms with Crippen LogP contribution in [0.4, 0.5) is 0 Å². The Morgan fingerprint density at radius 1 is 1.32 bits per heavy atom. The molecule has 0 aliphatic heterocycles. The molecule has 1 amide bonds. The number of amides is 1. The average molecular weight is 262 g/mol. The Kier molecular flexibility index (Phi) is 6.54. The molecule has 0 bridgehead atoms. The van der Waals surface area contributed by atoms with Gasteiger partial charge in [-0.05, 0) is 42.7 Å². The van der Waals surface area contributed by atoms with Crippen molar-refractivity contribution in [3.05, 3.63) is 30.1 Å². The van der Waals surface area contributed by atoms with E-state index >= 15 is 0 Å². The maximum atomic E-state index is 11.6. The molecule has 0 aliphatic carbocycles. The molecule has 1 N–H and O–H groups in total. The minimum atomic E-state index is 0.165. The van der Waals surface area contributed by atoms with E-state index in [0.717, 1.165) is 32.2 Å². The van der Waals surface area contributed by atoms with Crippen LogP contribution in [0, 0.1) is 5.41 Å². The fourth-order valence-corrected chi connectivity index (χ4v) is 1.93. The monoisotopic (exact) mass is 262 g/mol. The number of aryl methyl sites for hydroxylation is 1. The molecular formula is C16H26N2O. The van der Waals surface area contributed by atoms with Crippen molar-refractivity contribution < 1.29 is 4.79 Å². The maximum Gasteiger partial charge on any atom is 0.220 e. The van der Waals surface area contributed by atoms with E-state index in [1.54, 1.807) is 6.20 Å². The zero-order chi connectivity index (χ0) is 14.1. The standard InChI is InChI=1S/C16H26N2O/c1-16(2,3)10-6-12-18-15(19)9-4-7-14-8-5-11-17-13-14/h5,8,11,13H,4,6-7,9-10,12H2,1-3H3,(H,18,19). The summed E-state index contributed by atoms with van der Waals surface area (Å²) in [6, 6.07) is 3.98. The zero-order valence-corrected chi connectivity index (χ0v) is 12.4. The van der Waals surface area contributed by atoms with E-state index in [-0.39, 0.29) is 5.91 Å². The van der Waals surface area contributed by atoms with Crippen LogP contribution in [-0.2, 0) is 11.2 Å². The molecule has 1 heterocycles. The molecule has 1 rings (SSSR count). The molecule has 0 saturated carbocycles. The van der Waals surface area contributed by atoms with Crippen LogP contribution in [0.5, 0.6) is 0 Å². The van der Waals surface area contributed by atoms with Gasteiger partial charge in [0.05, 0.1) is 0 Å². The Labute approximate surface area is 116 Å². The molecule has 0 aromatic carbocycles. The zero-order valence-electron chi connectivity index (χ0n) is 12.4. The third-order valence-corrected chi connectivity index (χ3v) is 3.02. The first-order chi connectivity index (χ1) is 8.97. The third-order valence-electron chi connectivity index (χ3n) is 3.02. The van der Waals surface area contributed by atoms with Crippen molar-refractivity contribution in [2.24, 2.45) is 5.41 Å². The molecule has 19 heavy (non-hydrogen) atoms. The van der Waals surface area contributed by atoms with Gasteiger partial charge in [0.2, 0.25) is 5.91 Å². The molecule has 0 aliphatic rings. The molecule has 0 radical (unpaired) electrons. The summed E-state index contributed by atoms with van der Waals surface area (Å²) in [4.78, 5) is 15.7. The van der Waals surface area contributed by atoms with Crippen LogP contribution in [-0.4, -0.2) is 17.4 Å². The summed E-state index contributed by atoms with van der Waals surface area (Å²) in [7, 11) is 0. The van der Waals surface area contributed by atoms with Crippen LogP contribution >= 0.6 is 0 Å². The van der Waals surface area contributed by atoms with Crippen molar-refractivity contribution in [3.63, 3.8) is 0 Å². The summed E-state index contributed by atoms with van der Waals surface area (Å²) in [5, 5.41) is 2.99. The molecule has 1 aromatic heterocycles. The quantitative estimate of drug-likeness (QED) is 0.766. The largest absolute Gasteiger partial charge is 0.356 e. The highest BCUT2D eigenvalue weighted by Crippen LogP contribution is 2.19. The average Bonchev–Trinajstić information content (AvgIpc) is 2.35. The molecule has 0 atom stereocenters. The summed E-state index contributed by atoms with van der Waals surface area (Å²) < 4.78 is 0. The smallest absolute Gasteiger partial charge is 0.220 e. The lowest BCUT2D eigenvalue weighted by Crippen LogP contribution is -2.25. The predicted octanol–water partition coefficient (Wildman–Crippen LogP) is 3.35. The van der Waals surface area contributed by atoms with E-state index in [1.807, 2.05) is 18.3 Å². The Balaban J connectivity index is 2.05. The van der Waals surface area contributed by atoms with Gasteiger partial charge in [-0.25, -0.2) is 0 Å². The van der Waals surface area contributed by atoms with Gasteiger partial charge in [-0.3, -0.25) is 9.78 Å². The number of nitrogens with zero attached hydrogens (tertiary/aromatic N) is 1. The third kappa shape index (κ3) is 8.36. The molecule has 106 valence electrons. The molecule has 3 nitrogen and oxygen atoms in total. The van der Waals surface area contributed by atoms with Gasteiger partial charge >= 0.3 is 0 Å². The van der Waals surface area contributed by atoms with Gasteiger partial charge in [0, 0.05) is 25.4 Å². The van der Waals surface area contributed by atoms with Crippen molar-refractivity contribution in [2.75, 3.05) is 6.54 Å². The van der Waals surface area contributed by atoms with Crippen LogP contribution in [0.25, 0.3) is 0 Å². The molecule has 0 saturated heterocycles. The molecule has 0 fully saturated rings. The number of carbonyl (C=O) groups is 1. The number of rotatable bonds is 7. The second kappa shape index (κ2) is 7.93. The summed E-state index contributed by atoms with van der Waals surface area (Å²) in [6.45, 7) is 7.47. The van der Waals surface area contributed by atoms with Gasteiger partial charge in [0.25, 0.3) is 0 Å². The number of nitrogens with one attached hydrogen (secondary N) is 1. The van der Waals surface area contributed by atoms with E-state index in [2.05, 4.69) is 31.1 Å². The molecule has 3 heteroatoms. The summed E-state index contributed by atoms with van der Waals surface area (Å²) >= 11 is 0. The van der Waals surface area contributed by atoms with Crippen LogP contribution in [0.2, 0.25) is 0 Å². The Morgan fingerprint density at radius 3 is 2.74 bits per heavy atom. The Bertz CT molecular complexity index is 368. The van der Waals surface area contributed by atoms with Gasteiger partial charge in [-0.2, -0.15) is 0 Å². The van der Waals surface area contributed by atoms with Crippen molar-refractivity contribution in [3.8, 4) is 0 Å². The normalized spacial score (nSPS) is 11.3. The van der Waals surface area contributed by atoms with E-state index in [9.17, 15) is 4.79 Å². The van der Waals surface area contributed by atoms with Crippen LogP contribution in [0.15, 0.2) is 24.5 Å². The minimum Gasteiger partial charge on any atom is -0.356 e. The van der Waals surface area contributed by atoms with E-state index < -0.39 is 0 Å². The molecule has 0 unspecified atom stereocenters. The first-order valence-corrected chi connectivity index (χ1v) is 7.13. The SMILES string of the molecule is CC(C)(C)CCCNC(=O)CCCc1cccnc1. The number of hydrogen-bond acceptors (Lipinski definition) is 2. The van der Waals surface area contributed by atoms with Crippen molar-refractivity contribution in [2.45, 2.75) is 52.9 Å². The maximum absolute atomic E-state index is 11.6. The second-order valence-electron chi connectivity index (χ2n) is 6.23. The van der Waals surface area contributed by atoms with Gasteiger partial charge in [-0.1, -0.05) is 26.8 Å². The number of pyridine rings is 1. The highest BCUT2D eigenvalue weighted by Gasteiger charge is 2.09. The Morgan fingerprint density at radius 2 is 2.11 bits per heavy atom. The lowest BCUT2D eigenvalue weighted by atomic mass is 9.91. The van der Waals surface area contributed by atoms with Gasteiger partial charge in [0.1, 0.15) is 0 Å². The molecular weight excluding hydrogens is 236 g/mol. The topological polar surface area (TPSA) is 42.0 Å². The van der Waals surface area contributed by atoms with E-state index in [1.165, 1.54) is 5.56 Å². The van der Waals surface area contributed by atoms with Crippen molar-refractivity contribution in [1.29, 1.82) is 0 Å².